The smallest absolute Gasteiger partial charge is 0.119 e. The van der Waals surface area contributed by atoms with Gasteiger partial charge in [0.1, 0.15) is 18.1 Å². The zero-order valence-corrected chi connectivity index (χ0v) is 52.2. The van der Waals surface area contributed by atoms with E-state index in [1.165, 1.54) is 44.5 Å². The Kier molecular flexibility index (Phi) is 16.8. The summed E-state index contributed by atoms with van der Waals surface area (Å²) in [5, 5.41) is 0. The van der Waals surface area contributed by atoms with E-state index < -0.39 is 5.41 Å². The molecule has 2 unspecified atom stereocenters. The van der Waals surface area contributed by atoms with Gasteiger partial charge in [-0.15, -0.1) is 0 Å². The van der Waals surface area contributed by atoms with Gasteiger partial charge in [-0.25, -0.2) is 0 Å². The highest BCUT2D eigenvalue weighted by atomic mass is 16.5. The summed E-state index contributed by atoms with van der Waals surface area (Å²) in [6, 6.07) is 113. The third-order valence-electron chi connectivity index (χ3n) is 19.2. The largest absolute Gasteiger partial charge is 0.493 e. The molecule has 14 rings (SSSR count). The van der Waals surface area contributed by atoms with Crippen molar-refractivity contribution in [1.82, 2.24) is 0 Å². The minimum atomic E-state index is -0.685. The van der Waals surface area contributed by atoms with Gasteiger partial charge in [0.15, 0.2) is 0 Å². The van der Waals surface area contributed by atoms with Crippen LogP contribution in [0.1, 0.15) is 90.8 Å². The SMILES string of the molecule is CCC(CC(C)c1ccc(OCC2(CC)COC2)cc1)c1ccc(COc2ccc(C3(c4ccccc4)c4cc(-c5ccc(N(c6ccccc6)c6ccccc6)cc5)ccc4-c4ccc(-c5ccc(N(c6ccccc6)c6ccccc6)cc5)cc43)cc2)cc1. The van der Waals surface area contributed by atoms with Crippen LogP contribution in [0.25, 0.3) is 33.4 Å². The third-order valence-corrected chi connectivity index (χ3v) is 19.2. The molecule has 0 N–H and O–H groups in total. The van der Waals surface area contributed by atoms with Crippen LogP contribution in [0.2, 0.25) is 0 Å². The number of ether oxygens (including phenoxy) is 3. The van der Waals surface area contributed by atoms with E-state index in [0.29, 0.717) is 25.0 Å². The zero-order chi connectivity index (χ0) is 61.6. The molecule has 1 saturated heterocycles. The van der Waals surface area contributed by atoms with Crippen LogP contribution >= 0.6 is 0 Å². The molecule has 2 aliphatic rings. The summed E-state index contributed by atoms with van der Waals surface area (Å²) < 4.78 is 18.4. The van der Waals surface area contributed by atoms with Crippen LogP contribution < -0.4 is 19.3 Å². The molecule has 1 aliphatic carbocycles. The standard InChI is InChI=1S/C86H76N2O3/c1-4-64(55-62(3)65-39-49-80(50-40-65)91-61-85(5-2)59-89-60-85)66-33-31-63(32-34-66)58-90-79-51-43-72(44-52-79)86(71-21-11-6-12-22-71)83-56-69(67-35-45-77(46-36-67)87(73-23-13-7-14-24-73)74-25-15-8-16-26-74)41-53-81(83)82-54-42-70(57-84(82)86)68-37-47-78(48-38-68)88(75-27-17-9-18-28-75)76-29-19-10-20-30-76/h6-54,56-57,62,64H,4-5,55,58-61H2,1-3H3. The first-order valence-corrected chi connectivity index (χ1v) is 32.4. The lowest BCUT2D eigenvalue weighted by molar-refractivity contribution is -0.133. The summed E-state index contributed by atoms with van der Waals surface area (Å²) in [7, 11) is 0. The number of anilines is 6. The predicted octanol–water partition coefficient (Wildman–Crippen LogP) is 22.4. The van der Waals surface area contributed by atoms with Gasteiger partial charge in [-0.2, -0.15) is 0 Å². The van der Waals surface area contributed by atoms with Crippen LogP contribution in [0.15, 0.2) is 309 Å². The van der Waals surface area contributed by atoms with Crippen LogP contribution in [-0.2, 0) is 16.8 Å². The molecule has 0 amide bonds. The Morgan fingerprint density at radius 1 is 0.396 bits per heavy atom. The van der Waals surface area contributed by atoms with Crippen molar-refractivity contribution in [3.63, 3.8) is 0 Å². The number of fused-ring (bicyclic) bond motifs is 3. The van der Waals surface area contributed by atoms with Crippen LogP contribution in [0.3, 0.4) is 0 Å². The lowest BCUT2D eigenvalue weighted by Crippen LogP contribution is -2.46. The number of rotatable bonds is 22. The van der Waals surface area contributed by atoms with E-state index in [-0.39, 0.29) is 5.41 Å². The topological polar surface area (TPSA) is 34.2 Å². The Morgan fingerprint density at radius 2 is 0.791 bits per heavy atom. The summed E-state index contributed by atoms with van der Waals surface area (Å²) in [6.45, 7) is 9.64. The highest BCUT2D eigenvalue weighted by molar-refractivity contribution is 5.91. The fourth-order valence-electron chi connectivity index (χ4n) is 13.8. The first kappa shape index (κ1) is 58.5. The summed E-state index contributed by atoms with van der Waals surface area (Å²) >= 11 is 0. The molecule has 0 spiro atoms. The van der Waals surface area contributed by atoms with Gasteiger partial charge in [0.2, 0.25) is 0 Å². The highest BCUT2D eigenvalue weighted by Gasteiger charge is 2.47. The van der Waals surface area contributed by atoms with Gasteiger partial charge >= 0.3 is 0 Å². The second-order valence-corrected chi connectivity index (χ2v) is 24.7. The molecule has 0 radical (unpaired) electrons. The predicted molar refractivity (Wildman–Crippen MR) is 376 cm³/mol. The average molecular weight is 1190 g/mol. The Bertz CT molecular complexity index is 4090. The Labute approximate surface area is 537 Å². The zero-order valence-electron chi connectivity index (χ0n) is 52.2. The molecular weight excluding hydrogens is 1110 g/mol. The fraction of sp³-hybridized carbons (Fsp3) is 0.163. The van der Waals surface area contributed by atoms with Crippen molar-refractivity contribution in [1.29, 1.82) is 0 Å². The van der Waals surface area contributed by atoms with Gasteiger partial charge in [0.05, 0.1) is 30.7 Å². The van der Waals surface area contributed by atoms with E-state index >= 15 is 0 Å². The van der Waals surface area contributed by atoms with Crippen LogP contribution in [0.4, 0.5) is 34.1 Å². The van der Waals surface area contributed by atoms with Gasteiger partial charge in [-0.3, -0.25) is 0 Å². The third kappa shape index (κ3) is 11.9. The minimum Gasteiger partial charge on any atom is -0.493 e. The van der Waals surface area contributed by atoms with Crippen molar-refractivity contribution in [2.45, 2.75) is 63.9 Å². The molecular formula is C86H76N2O3. The molecule has 2 atom stereocenters. The van der Waals surface area contributed by atoms with Crippen molar-refractivity contribution < 1.29 is 14.2 Å². The van der Waals surface area contributed by atoms with Gasteiger partial charge in [-0.1, -0.05) is 221 Å². The maximum Gasteiger partial charge on any atom is 0.119 e. The Morgan fingerprint density at radius 3 is 1.22 bits per heavy atom. The molecule has 448 valence electrons. The quantitative estimate of drug-likeness (QED) is 0.0676. The van der Waals surface area contributed by atoms with E-state index in [4.69, 9.17) is 14.2 Å². The monoisotopic (exact) mass is 1180 g/mol. The maximum atomic E-state index is 6.69. The number of para-hydroxylation sites is 4. The molecule has 0 saturated carbocycles. The molecule has 1 aliphatic heterocycles. The second-order valence-electron chi connectivity index (χ2n) is 24.7. The van der Waals surface area contributed by atoms with Crippen molar-refractivity contribution >= 4 is 34.1 Å². The second kappa shape index (κ2) is 26.1. The van der Waals surface area contributed by atoms with Gasteiger partial charge < -0.3 is 24.0 Å². The Hall–Kier alpha value is -10.2. The van der Waals surface area contributed by atoms with Crippen molar-refractivity contribution in [3.05, 3.63) is 348 Å². The number of hydrogen-bond acceptors (Lipinski definition) is 5. The summed E-state index contributed by atoms with van der Waals surface area (Å²) in [6.07, 6.45) is 3.22. The van der Waals surface area contributed by atoms with Gasteiger partial charge in [0.25, 0.3) is 0 Å². The normalized spacial score (nSPS) is 14.1. The molecule has 0 bridgehead atoms. The Balaban J connectivity index is 0.774. The lowest BCUT2D eigenvalue weighted by atomic mass is 9.67. The van der Waals surface area contributed by atoms with Crippen molar-refractivity contribution in [2.24, 2.45) is 5.41 Å². The molecule has 12 aromatic carbocycles. The van der Waals surface area contributed by atoms with E-state index in [0.717, 1.165) is 106 Å². The van der Waals surface area contributed by atoms with Crippen LogP contribution in [0, 0.1) is 5.41 Å². The van der Waals surface area contributed by atoms with E-state index in [9.17, 15) is 0 Å². The number of benzene rings is 12. The lowest BCUT2D eigenvalue weighted by Gasteiger charge is -2.40. The molecule has 12 aromatic rings. The van der Waals surface area contributed by atoms with Gasteiger partial charge in [0, 0.05) is 34.1 Å². The maximum absolute atomic E-state index is 6.69. The number of nitrogens with zero attached hydrogens (tertiary/aromatic N) is 2. The van der Waals surface area contributed by atoms with E-state index in [2.05, 4.69) is 340 Å². The molecule has 91 heavy (non-hydrogen) atoms. The number of hydrogen-bond donors (Lipinski definition) is 0. The molecule has 5 heteroatoms. The van der Waals surface area contributed by atoms with Crippen LogP contribution in [0.5, 0.6) is 11.5 Å². The molecule has 1 fully saturated rings. The highest BCUT2D eigenvalue weighted by Crippen LogP contribution is 2.58. The first-order chi connectivity index (χ1) is 44.9. The van der Waals surface area contributed by atoms with Gasteiger partial charge in [-0.05, 0) is 213 Å². The first-order valence-electron chi connectivity index (χ1n) is 32.4. The van der Waals surface area contributed by atoms with Crippen LogP contribution in [-0.4, -0.2) is 19.8 Å². The van der Waals surface area contributed by atoms with Crippen molar-refractivity contribution in [2.75, 3.05) is 29.6 Å². The summed E-state index contributed by atoms with van der Waals surface area (Å²) in [4.78, 5) is 4.63. The molecule has 0 aromatic heterocycles. The summed E-state index contributed by atoms with van der Waals surface area (Å²) in [5.74, 6) is 2.62. The van der Waals surface area contributed by atoms with E-state index in [1.807, 2.05) is 0 Å². The van der Waals surface area contributed by atoms with Crippen molar-refractivity contribution in [3.8, 4) is 44.9 Å². The van der Waals surface area contributed by atoms with E-state index in [1.54, 1.807) is 0 Å². The minimum absolute atomic E-state index is 0.163. The fourth-order valence-corrected chi connectivity index (χ4v) is 13.8. The molecule has 1 heterocycles. The average Bonchev–Trinajstić information content (AvgIpc) is 1.53. The molecule has 5 nitrogen and oxygen atoms in total. The summed E-state index contributed by atoms with van der Waals surface area (Å²) in [5.41, 5.74) is 21.9.